The second-order valence-electron chi connectivity index (χ2n) is 23.1. The molecule has 0 aliphatic rings. The van der Waals surface area contributed by atoms with Gasteiger partial charge in [0.25, 0.3) is 0 Å². The van der Waals surface area contributed by atoms with E-state index in [4.69, 9.17) is 14.2 Å². The van der Waals surface area contributed by atoms with Crippen molar-refractivity contribution < 1.29 is 28.6 Å². The number of allylic oxidation sites excluding steroid dienone is 16. The molecule has 0 spiro atoms. The van der Waals surface area contributed by atoms with Crippen LogP contribution in [0.2, 0.25) is 0 Å². The molecule has 0 amide bonds. The fourth-order valence-corrected chi connectivity index (χ4v) is 9.87. The summed E-state index contributed by atoms with van der Waals surface area (Å²) in [5.41, 5.74) is 0. The van der Waals surface area contributed by atoms with E-state index in [1.807, 2.05) is 6.08 Å². The highest BCUT2D eigenvalue weighted by molar-refractivity contribution is 5.71. The molecule has 0 aliphatic heterocycles. The van der Waals surface area contributed by atoms with Gasteiger partial charge in [0.15, 0.2) is 6.10 Å². The van der Waals surface area contributed by atoms with Gasteiger partial charge in [-0.2, -0.15) is 0 Å². The molecule has 0 saturated carbocycles. The Morgan fingerprint density at radius 3 is 0.840 bits per heavy atom. The maximum Gasteiger partial charge on any atom is 0.306 e. The molecule has 0 aromatic carbocycles. The third-order valence-electron chi connectivity index (χ3n) is 15.1. The predicted molar refractivity (Wildman–Crippen MR) is 353 cm³/mol. The summed E-state index contributed by atoms with van der Waals surface area (Å²) in [6.07, 6.45) is 93.1. The van der Waals surface area contributed by atoms with Crippen molar-refractivity contribution in [2.75, 3.05) is 13.2 Å². The molecule has 0 saturated heterocycles. The van der Waals surface area contributed by atoms with E-state index in [1.54, 1.807) is 0 Å². The molecule has 0 bridgehead atoms. The number of esters is 3. The summed E-state index contributed by atoms with van der Waals surface area (Å²) < 4.78 is 16.9. The lowest BCUT2D eigenvalue weighted by molar-refractivity contribution is -0.166. The number of hydrogen-bond donors (Lipinski definition) is 0. The molecular formula is C75H130O6. The van der Waals surface area contributed by atoms with Crippen LogP contribution < -0.4 is 0 Å². The molecule has 0 aromatic rings. The minimum atomic E-state index is -0.808. The van der Waals surface area contributed by atoms with Crippen LogP contribution in [-0.2, 0) is 28.6 Å². The van der Waals surface area contributed by atoms with Gasteiger partial charge in [0, 0.05) is 19.3 Å². The summed E-state index contributed by atoms with van der Waals surface area (Å²) in [5, 5.41) is 0. The van der Waals surface area contributed by atoms with Crippen molar-refractivity contribution in [3.63, 3.8) is 0 Å². The average molecular weight is 1130 g/mol. The van der Waals surface area contributed by atoms with E-state index in [9.17, 15) is 14.4 Å². The zero-order valence-electron chi connectivity index (χ0n) is 53.5. The van der Waals surface area contributed by atoms with Gasteiger partial charge in [-0.05, 0) is 109 Å². The topological polar surface area (TPSA) is 78.9 Å². The molecular weight excluding hydrogens is 997 g/mol. The fourth-order valence-electron chi connectivity index (χ4n) is 9.87. The average Bonchev–Trinajstić information content (AvgIpc) is 3.46. The van der Waals surface area contributed by atoms with Crippen molar-refractivity contribution in [2.45, 2.75) is 348 Å². The third kappa shape index (κ3) is 67.0. The van der Waals surface area contributed by atoms with Crippen LogP contribution in [0.5, 0.6) is 0 Å². The van der Waals surface area contributed by atoms with Gasteiger partial charge in [-0.15, -0.1) is 0 Å². The van der Waals surface area contributed by atoms with E-state index >= 15 is 0 Å². The standard InChI is InChI=1S/C75H130O6/c1-4-7-10-13-16-19-22-25-27-29-31-32-33-34-35-36-37-38-39-40-41-42-44-45-47-50-53-56-59-62-65-68-74(77)80-71-72(70-79-73(76)67-64-61-58-55-52-49-24-21-18-15-12-9-6-3)81-75(78)69-66-63-60-57-54-51-48-46-43-30-28-26-23-20-17-14-11-8-5-2/h9,12,18,21-22,25-26,28-29,31,33-34,49,52,58,61,72H,4-8,10-11,13-17,19-20,23-24,27,30,32,35-48,50-51,53-57,59-60,62-71H2,1-3H3/b12-9-,21-18-,25-22-,28-26-,31-29-,34-33-,52-49-,61-58-. The maximum absolute atomic E-state index is 12.9. The van der Waals surface area contributed by atoms with Crippen molar-refractivity contribution in [1.29, 1.82) is 0 Å². The second kappa shape index (κ2) is 68.8. The Morgan fingerprint density at radius 1 is 0.259 bits per heavy atom. The summed E-state index contributed by atoms with van der Waals surface area (Å²) in [4.78, 5) is 38.3. The highest BCUT2D eigenvalue weighted by atomic mass is 16.6. The Labute approximate surface area is 502 Å². The quantitative estimate of drug-likeness (QED) is 0.0261. The molecule has 81 heavy (non-hydrogen) atoms. The lowest BCUT2D eigenvalue weighted by Gasteiger charge is -2.18. The van der Waals surface area contributed by atoms with E-state index in [1.165, 1.54) is 218 Å². The van der Waals surface area contributed by atoms with Crippen LogP contribution in [0.4, 0.5) is 0 Å². The van der Waals surface area contributed by atoms with Crippen molar-refractivity contribution in [3.8, 4) is 0 Å². The first-order chi connectivity index (χ1) is 40.0. The van der Waals surface area contributed by atoms with Gasteiger partial charge in [0.2, 0.25) is 0 Å². The second-order valence-corrected chi connectivity index (χ2v) is 23.1. The molecule has 0 aromatic heterocycles. The molecule has 0 N–H and O–H groups in total. The first-order valence-corrected chi connectivity index (χ1v) is 34.7. The summed E-state index contributed by atoms with van der Waals surface area (Å²) in [6, 6.07) is 0. The molecule has 6 heteroatoms. The normalized spacial score (nSPS) is 12.7. The van der Waals surface area contributed by atoms with Gasteiger partial charge >= 0.3 is 17.9 Å². The summed E-state index contributed by atoms with van der Waals surface area (Å²) >= 11 is 0. The van der Waals surface area contributed by atoms with Crippen LogP contribution in [0.15, 0.2) is 97.2 Å². The number of carbonyl (C=O) groups is 3. The van der Waals surface area contributed by atoms with Crippen molar-refractivity contribution in [3.05, 3.63) is 97.2 Å². The van der Waals surface area contributed by atoms with E-state index < -0.39 is 6.10 Å². The zero-order valence-corrected chi connectivity index (χ0v) is 53.5. The van der Waals surface area contributed by atoms with Crippen LogP contribution in [0.25, 0.3) is 0 Å². The number of unbranched alkanes of at least 4 members (excludes halogenated alkanes) is 36. The third-order valence-corrected chi connectivity index (χ3v) is 15.1. The lowest BCUT2D eigenvalue weighted by atomic mass is 10.0. The van der Waals surface area contributed by atoms with Gasteiger partial charge in [0.05, 0.1) is 0 Å². The number of hydrogen-bond acceptors (Lipinski definition) is 6. The SMILES string of the molecule is CC/C=C\C/C=C\C/C=C\C/C=C\CCC(=O)OCC(COC(=O)CCCCCCCCCCCCCCCCCC/C=C\C/C=C\C/C=C\CCCCCCC)OC(=O)CCCCCCCCCCC/C=C\CCCCCCCC. The summed E-state index contributed by atoms with van der Waals surface area (Å²) in [7, 11) is 0. The van der Waals surface area contributed by atoms with Crippen LogP contribution in [0.3, 0.4) is 0 Å². The van der Waals surface area contributed by atoms with Gasteiger partial charge in [-0.1, -0.05) is 311 Å². The zero-order chi connectivity index (χ0) is 58.5. The Bertz CT molecular complexity index is 1580. The molecule has 0 fully saturated rings. The minimum Gasteiger partial charge on any atom is -0.462 e. The van der Waals surface area contributed by atoms with E-state index in [-0.39, 0.29) is 37.5 Å². The molecule has 466 valence electrons. The van der Waals surface area contributed by atoms with Crippen LogP contribution in [0, 0.1) is 0 Å². The maximum atomic E-state index is 12.9. The van der Waals surface area contributed by atoms with E-state index in [0.29, 0.717) is 19.3 Å². The Morgan fingerprint density at radius 2 is 0.506 bits per heavy atom. The first kappa shape index (κ1) is 77.3. The number of ether oxygens (including phenoxy) is 3. The fraction of sp³-hybridized carbons (Fsp3) is 0.747. The molecule has 0 rings (SSSR count). The Balaban J connectivity index is 4.24. The largest absolute Gasteiger partial charge is 0.462 e. The van der Waals surface area contributed by atoms with Gasteiger partial charge < -0.3 is 14.2 Å². The highest BCUT2D eigenvalue weighted by Crippen LogP contribution is 2.17. The Hall–Kier alpha value is -3.67. The van der Waals surface area contributed by atoms with Crippen molar-refractivity contribution in [2.24, 2.45) is 0 Å². The molecule has 1 atom stereocenters. The summed E-state index contributed by atoms with van der Waals surface area (Å²) in [6.45, 7) is 6.48. The number of rotatable bonds is 63. The first-order valence-electron chi connectivity index (χ1n) is 34.7. The minimum absolute atomic E-state index is 0.0982. The van der Waals surface area contributed by atoms with E-state index in [0.717, 1.165) is 77.0 Å². The summed E-state index contributed by atoms with van der Waals surface area (Å²) in [5.74, 6) is -0.973. The predicted octanol–water partition coefficient (Wildman–Crippen LogP) is 24.0. The lowest BCUT2D eigenvalue weighted by Crippen LogP contribution is -2.30. The van der Waals surface area contributed by atoms with Crippen molar-refractivity contribution in [1.82, 2.24) is 0 Å². The van der Waals surface area contributed by atoms with Gasteiger partial charge in [-0.3, -0.25) is 14.4 Å². The van der Waals surface area contributed by atoms with Crippen LogP contribution in [0.1, 0.15) is 342 Å². The van der Waals surface area contributed by atoms with Gasteiger partial charge in [-0.25, -0.2) is 0 Å². The van der Waals surface area contributed by atoms with E-state index in [2.05, 4.69) is 112 Å². The van der Waals surface area contributed by atoms with Crippen LogP contribution >= 0.6 is 0 Å². The molecule has 1 unspecified atom stereocenters. The highest BCUT2D eigenvalue weighted by Gasteiger charge is 2.19. The molecule has 6 nitrogen and oxygen atoms in total. The monoisotopic (exact) mass is 1130 g/mol. The molecule has 0 heterocycles. The Kier molecular flexibility index (Phi) is 65.7. The number of carbonyl (C=O) groups excluding carboxylic acids is 3. The molecule has 0 aliphatic carbocycles. The smallest absolute Gasteiger partial charge is 0.306 e. The molecule has 0 radical (unpaired) electrons. The van der Waals surface area contributed by atoms with Gasteiger partial charge in [0.1, 0.15) is 13.2 Å². The van der Waals surface area contributed by atoms with Crippen LogP contribution in [-0.4, -0.2) is 37.2 Å². The van der Waals surface area contributed by atoms with Crippen molar-refractivity contribution >= 4 is 17.9 Å².